The van der Waals surface area contributed by atoms with Crippen LogP contribution in [0.15, 0.2) is 35.3 Å². The highest BCUT2D eigenvalue weighted by Gasteiger charge is 2.43. The monoisotopic (exact) mass is 442 g/mol. The Morgan fingerprint density at radius 2 is 1.97 bits per heavy atom. The van der Waals surface area contributed by atoms with Crippen LogP contribution in [0, 0.1) is 5.82 Å². The minimum Gasteiger partial charge on any atom is -0.503 e. The molecule has 1 aromatic heterocycles. The molecule has 0 saturated carbocycles. The van der Waals surface area contributed by atoms with Crippen molar-refractivity contribution in [2.24, 2.45) is 0 Å². The molecular weight excluding hydrogens is 415 g/mol. The summed E-state index contributed by atoms with van der Waals surface area (Å²) in [4.78, 5) is 42.7. The number of hydrogen-bond acceptors (Lipinski definition) is 5. The van der Waals surface area contributed by atoms with Gasteiger partial charge in [0.05, 0.1) is 6.54 Å². The van der Waals surface area contributed by atoms with Gasteiger partial charge in [-0.25, -0.2) is 4.39 Å². The molecule has 32 heavy (non-hydrogen) atoms. The van der Waals surface area contributed by atoms with Crippen molar-refractivity contribution in [2.45, 2.75) is 52.0 Å². The molecule has 2 amide bonds. The Bertz CT molecular complexity index is 1100. The zero-order chi connectivity index (χ0) is 23.0. The third-order valence-corrected chi connectivity index (χ3v) is 6.23. The van der Waals surface area contributed by atoms with Crippen LogP contribution in [0.25, 0.3) is 0 Å². The van der Waals surface area contributed by atoms with Gasteiger partial charge in [0.25, 0.3) is 11.8 Å². The maximum atomic E-state index is 13.3. The fraction of sp³-hybridized carbons (Fsp3) is 0.435. The molecule has 2 aliphatic rings. The predicted molar refractivity (Wildman–Crippen MR) is 116 cm³/mol. The van der Waals surface area contributed by atoms with Gasteiger partial charge in [0.15, 0.2) is 11.4 Å². The summed E-state index contributed by atoms with van der Waals surface area (Å²) in [5, 5.41) is 13.2. The zero-order valence-corrected chi connectivity index (χ0v) is 18.2. The lowest BCUT2D eigenvalue weighted by molar-refractivity contribution is -0.0322. The molecule has 8 nitrogen and oxygen atoms in total. The molecule has 1 fully saturated rings. The summed E-state index contributed by atoms with van der Waals surface area (Å²) in [6.07, 6.45) is 2.91. The van der Waals surface area contributed by atoms with Crippen molar-refractivity contribution in [3.63, 3.8) is 0 Å². The first kappa shape index (κ1) is 22.0. The molecule has 4 rings (SSSR count). The molecule has 9 heteroatoms. The highest BCUT2D eigenvalue weighted by atomic mass is 19.1. The summed E-state index contributed by atoms with van der Waals surface area (Å²) >= 11 is 0. The van der Waals surface area contributed by atoms with Crippen molar-refractivity contribution >= 4 is 11.8 Å². The maximum absolute atomic E-state index is 13.3. The molecular formula is C23H27FN4O4. The highest BCUT2D eigenvalue weighted by Crippen LogP contribution is 2.30. The van der Waals surface area contributed by atoms with E-state index in [1.807, 2.05) is 6.92 Å². The van der Waals surface area contributed by atoms with Crippen LogP contribution in [0.2, 0.25) is 0 Å². The summed E-state index contributed by atoms with van der Waals surface area (Å²) in [6, 6.07) is 5.62. The topological polar surface area (TPSA) is 94.9 Å². The van der Waals surface area contributed by atoms with E-state index in [1.165, 1.54) is 35.0 Å². The fourth-order valence-corrected chi connectivity index (χ4v) is 4.56. The second-order valence-electron chi connectivity index (χ2n) is 8.40. The molecule has 0 unspecified atom stereocenters. The molecule has 2 aliphatic heterocycles. The Morgan fingerprint density at radius 1 is 1.25 bits per heavy atom. The van der Waals surface area contributed by atoms with Crippen molar-refractivity contribution in [2.75, 3.05) is 13.1 Å². The SMILES string of the molecule is CCCN1CC[C@@H](C)N2C(=O)c3c(O)c(=O)c(C(=O)NCc4ccc(F)cc4)cn3C[C@H]12. The first-order valence-corrected chi connectivity index (χ1v) is 10.9. The van der Waals surface area contributed by atoms with E-state index in [2.05, 4.69) is 17.1 Å². The van der Waals surface area contributed by atoms with E-state index in [1.54, 1.807) is 4.90 Å². The molecule has 2 N–H and O–H groups in total. The van der Waals surface area contributed by atoms with Crippen LogP contribution in [0.1, 0.15) is 53.1 Å². The molecule has 2 atom stereocenters. The normalized spacial score (nSPS) is 20.6. The Kier molecular flexibility index (Phi) is 6.01. The van der Waals surface area contributed by atoms with E-state index in [4.69, 9.17) is 0 Å². The number of aromatic hydroxyl groups is 1. The number of nitrogens with one attached hydrogen (secondary N) is 1. The van der Waals surface area contributed by atoms with Crippen molar-refractivity contribution in [1.29, 1.82) is 0 Å². The van der Waals surface area contributed by atoms with Crippen LogP contribution in [0.4, 0.5) is 4.39 Å². The van der Waals surface area contributed by atoms with Gasteiger partial charge in [-0.15, -0.1) is 0 Å². The molecule has 170 valence electrons. The van der Waals surface area contributed by atoms with Gasteiger partial charge in [-0.3, -0.25) is 19.3 Å². The Morgan fingerprint density at radius 3 is 2.66 bits per heavy atom. The van der Waals surface area contributed by atoms with Crippen LogP contribution < -0.4 is 10.7 Å². The Labute approximate surface area is 185 Å². The maximum Gasteiger partial charge on any atom is 0.276 e. The standard InChI is InChI=1S/C23H27FN4O4/c1-3-9-26-10-8-14(2)28-18(26)13-27-12-17(20(29)21(30)19(27)23(28)32)22(31)25-11-15-4-6-16(24)7-5-15/h4-7,12,14,18,30H,3,8-11,13H2,1-2H3,(H,25,31)/t14-,18-/m1/s1. The minimum absolute atomic E-state index is 0.0115. The molecule has 3 heterocycles. The average molecular weight is 442 g/mol. The average Bonchev–Trinajstić information content (AvgIpc) is 2.77. The number of aromatic nitrogens is 1. The number of halogens is 1. The number of fused-ring (bicyclic) bond motifs is 2. The van der Waals surface area contributed by atoms with Crippen LogP contribution in [-0.2, 0) is 13.1 Å². The van der Waals surface area contributed by atoms with Gasteiger partial charge >= 0.3 is 0 Å². The van der Waals surface area contributed by atoms with E-state index in [0.29, 0.717) is 12.1 Å². The number of pyridine rings is 1. The van der Waals surface area contributed by atoms with Crippen molar-refractivity contribution in [3.8, 4) is 5.75 Å². The molecule has 2 aromatic rings. The first-order chi connectivity index (χ1) is 15.3. The molecule has 0 bridgehead atoms. The second-order valence-corrected chi connectivity index (χ2v) is 8.40. The van der Waals surface area contributed by atoms with E-state index < -0.39 is 23.0 Å². The Hall–Kier alpha value is -3.20. The molecule has 1 saturated heterocycles. The quantitative estimate of drug-likeness (QED) is 0.738. The van der Waals surface area contributed by atoms with E-state index in [9.17, 15) is 23.9 Å². The fourth-order valence-electron chi connectivity index (χ4n) is 4.56. The lowest BCUT2D eigenvalue weighted by Crippen LogP contribution is -2.63. The summed E-state index contributed by atoms with van der Waals surface area (Å²) in [5.41, 5.74) is -0.527. The Balaban J connectivity index is 1.64. The number of carbonyl (C=O) groups excluding carboxylic acids is 2. The number of carbonyl (C=O) groups is 2. The second kappa shape index (κ2) is 8.74. The van der Waals surface area contributed by atoms with Crippen molar-refractivity contribution < 1.29 is 19.1 Å². The van der Waals surface area contributed by atoms with Gasteiger partial charge in [-0.2, -0.15) is 0 Å². The predicted octanol–water partition coefficient (Wildman–Crippen LogP) is 1.91. The van der Waals surface area contributed by atoms with Crippen LogP contribution in [0.5, 0.6) is 5.75 Å². The number of rotatable bonds is 5. The van der Waals surface area contributed by atoms with Crippen LogP contribution in [0.3, 0.4) is 0 Å². The van der Waals surface area contributed by atoms with Gasteiger partial charge in [-0.1, -0.05) is 19.1 Å². The minimum atomic E-state index is -0.880. The number of hydrogen-bond donors (Lipinski definition) is 2. The van der Waals surface area contributed by atoms with Crippen LogP contribution >= 0.6 is 0 Å². The molecule has 0 aliphatic carbocycles. The zero-order valence-electron chi connectivity index (χ0n) is 18.2. The van der Waals surface area contributed by atoms with E-state index >= 15 is 0 Å². The third-order valence-electron chi connectivity index (χ3n) is 6.23. The summed E-state index contributed by atoms with van der Waals surface area (Å²) in [6.45, 7) is 6.18. The number of nitrogens with zero attached hydrogens (tertiary/aromatic N) is 3. The highest BCUT2D eigenvalue weighted by molar-refractivity contribution is 5.99. The van der Waals surface area contributed by atoms with Crippen molar-refractivity contribution in [1.82, 2.24) is 19.7 Å². The van der Waals surface area contributed by atoms with E-state index in [-0.39, 0.29) is 35.8 Å². The van der Waals surface area contributed by atoms with Crippen molar-refractivity contribution in [3.05, 3.63) is 63.3 Å². The lowest BCUT2D eigenvalue weighted by atomic mass is 10.0. The van der Waals surface area contributed by atoms with E-state index in [0.717, 1.165) is 25.9 Å². The largest absolute Gasteiger partial charge is 0.503 e. The molecule has 0 spiro atoms. The first-order valence-electron chi connectivity index (χ1n) is 10.9. The number of benzene rings is 1. The summed E-state index contributed by atoms with van der Waals surface area (Å²) in [7, 11) is 0. The van der Waals surface area contributed by atoms with Gasteiger partial charge in [0.2, 0.25) is 5.43 Å². The summed E-state index contributed by atoms with van der Waals surface area (Å²) in [5.74, 6) is -2.15. The molecule has 0 radical (unpaired) electrons. The van der Waals surface area contributed by atoms with Gasteiger partial charge in [-0.05, 0) is 44.0 Å². The third kappa shape index (κ3) is 3.88. The smallest absolute Gasteiger partial charge is 0.276 e. The van der Waals surface area contributed by atoms with Crippen LogP contribution in [-0.4, -0.2) is 56.6 Å². The molecule has 1 aromatic carbocycles. The summed E-state index contributed by atoms with van der Waals surface area (Å²) < 4.78 is 14.6. The van der Waals surface area contributed by atoms with Gasteiger partial charge in [0.1, 0.15) is 17.5 Å². The lowest BCUT2D eigenvalue weighted by Gasteiger charge is -2.50. The van der Waals surface area contributed by atoms with Gasteiger partial charge < -0.3 is 19.9 Å². The van der Waals surface area contributed by atoms with Gasteiger partial charge in [0, 0.05) is 25.3 Å². The number of amides is 2.